The summed E-state index contributed by atoms with van der Waals surface area (Å²) in [5, 5.41) is 0. The number of ether oxygens (including phenoxy) is 1. The minimum absolute atomic E-state index is 0.210. The van der Waals surface area contributed by atoms with Crippen LogP contribution >= 0.6 is 0 Å². The molecule has 0 aromatic heterocycles. The molecule has 1 aliphatic carbocycles. The molecule has 1 saturated carbocycles. The summed E-state index contributed by atoms with van der Waals surface area (Å²) >= 11 is 0. The van der Waals surface area contributed by atoms with Gasteiger partial charge >= 0.3 is 0 Å². The van der Waals surface area contributed by atoms with Gasteiger partial charge < -0.3 is 10.5 Å². The Labute approximate surface area is 99.3 Å². The Morgan fingerprint density at radius 1 is 1.44 bits per heavy atom. The first kappa shape index (κ1) is 12.3. The molecule has 1 heterocycles. The van der Waals surface area contributed by atoms with Crippen LogP contribution in [0.4, 0.5) is 0 Å². The third-order valence-electron chi connectivity index (χ3n) is 4.40. The fourth-order valence-corrected chi connectivity index (χ4v) is 2.83. The van der Waals surface area contributed by atoms with Gasteiger partial charge in [0, 0.05) is 25.2 Å². The van der Waals surface area contributed by atoms with Crippen LogP contribution in [0.15, 0.2) is 0 Å². The van der Waals surface area contributed by atoms with Gasteiger partial charge in [0.05, 0.1) is 6.10 Å². The third-order valence-corrected chi connectivity index (χ3v) is 4.40. The van der Waals surface area contributed by atoms with E-state index in [1.165, 1.54) is 19.4 Å². The van der Waals surface area contributed by atoms with E-state index in [-0.39, 0.29) is 5.54 Å². The number of likely N-dealkylation sites (N-methyl/N-ethyl adjacent to an activating group) is 1. The maximum Gasteiger partial charge on any atom is 0.0590 e. The Morgan fingerprint density at radius 2 is 2.19 bits per heavy atom. The number of rotatable bonds is 5. The van der Waals surface area contributed by atoms with Gasteiger partial charge in [-0.1, -0.05) is 6.92 Å². The average Bonchev–Trinajstić information content (AvgIpc) is 3.12. The summed E-state index contributed by atoms with van der Waals surface area (Å²) in [6.07, 6.45) is 6.57. The van der Waals surface area contributed by atoms with Gasteiger partial charge in [-0.15, -0.1) is 0 Å². The summed E-state index contributed by atoms with van der Waals surface area (Å²) in [7, 11) is 2.25. The quantitative estimate of drug-likeness (QED) is 0.774. The van der Waals surface area contributed by atoms with Gasteiger partial charge in [-0.05, 0) is 45.1 Å². The molecule has 0 aromatic carbocycles. The molecule has 0 aromatic rings. The summed E-state index contributed by atoms with van der Waals surface area (Å²) < 4.78 is 5.77. The SMILES string of the molecule is CCC1CC(CN)(N(C)CC2CC2)CCO1. The molecule has 0 spiro atoms. The van der Waals surface area contributed by atoms with E-state index < -0.39 is 0 Å². The number of hydrogen-bond donors (Lipinski definition) is 1. The molecule has 2 fully saturated rings. The van der Waals surface area contributed by atoms with E-state index in [0.717, 1.165) is 38.3 Å². The van der Waals surface area contributed by atoms with Crippen molar-refractivity contribution in [1.82, 2.24) is 4.90 Å². The first-order valence-electron chi connectivity index (χ1n) is 6.73. The summed E-state index contributed by atoms with van der Waals surface area (Å²) in [6, 6.07) is 0. The molecule has 0 bridgehead atoms. The van der Waals surface area contributed by atoms with Crippen LogP contribution < -0.4 is 5.73 Å². The van der Waals surface area contributed by atoms with Crippen molar-refractivity contribution in [3.8, 4) is 0 Å². The molecular weight excluding hydrogens is 200 g/mol. The molecule has 3 heteroatoms. The van der Waals surface area contributed by atoms with Crippen molar-refractivity contribution in [2.24, 2.45) is 11.7 Å². The van der Waals surface area contributed by atoms with Crippen molar-refractivity contribution in [2.75, 3.05) is 26.7 Å². The topological polar surface area (TPSA) is 38.5 Å². The van der Waals surface area contributed by atoms with Crippen LogP contribution in [0, 0.1) is 5.92 Å². The van der Waals surface area contributed by atoms with E-state index in [1.807, 2.05) is 0 Å². The van der Waals surface area contributed by atoms with Crippen molar-refractivity contribution in [3.63, 3.8) is 0 Å². The maximum absolute atomic E-state index is 6.05. The number of hydrogen-bond acceptors (Lipinski definition) is 3. The molecule has 0 radical (unpaired) electrons. The lowest BCUT2D eigenvalue weighted by atomic mass is 9.84. The zero-order valence-corrected chi connectivity index (χ0v) is 10.7. The smallest absolute Gasteiger partial charge is 0.0590 e. The Balaban J connectivity index is 1.97. The van der Waals surface area contributed by atoms with Crippen molar-refractivity contribution >= 4 is 0 Å². The second-order valence-electron chi connectivity index (χ2n) is 5.61. The predicted octanol–water partition coefficient (Wildman–Crippen LogP) is 1.61. The largest absolute Gasteiger partial charge is 0.378 e. The molecule has 2 aliphatic rings. The van der Waals surface area contributed by atoms with Gasteiger partial charge in [0.25, 0.3) is 0 Å². The van der Waals surface area contributed by atoms with E-state index >= 15 is 0 Å². The lowest BCUT2D eigenvalue weighted by Gasteiger charge is -2.46. The fraction of sp³-hybridized carbons (Fsp3) is 1.00. The molecule has 1 aliphatic heterocycles. The van der Waals surface area contributed by atoms with Crippen LogP contribution in [-0.4, -0.2) is 43.3 Å². The molecule has 94 valence electrons. The zero-order valence-electron chi connectivity index (χ0n) is 10.7. The molecular formula is C13H26N2O. The van der Waals surface area contributed by atoms with Crippen molar-refractivity contribution in [1.29, 1.82) is 0 Å². The van der Waals surface area contributed by atoms with Gasteiger partial charge in [-0.2, -0.15) is 0 Å². The van der Waals surface area contributed by atoms with Crippen molar-refractivity contribution < 1.29 is 4.74 Å². The highest BCUT2D eigenvalue weighted by Crippen LogP contribution is 2.35. The van der Waals surface area contributed by atoms with E-state index in [1.54, 1.807) is 0 Å². The number of nitrogens with two attached hydrogens (primary N) is 1. The normalized spacial score (nSPS) is 35.6. The third kappa shape index (κ3) is 2.58. The van der Waals surface area contributed by atoms with Crippen molar-refractivity contribution in [3.05, 3.63) is 0 Å². The Bertz CT molecular complexity index is 230. The van der Waals surface area contributed by atoms with Gasteiger partial charge in [-0.25, -0.2) is 0 Å². The highest BCUT2D eigenvalue weighted by atomic mass is 16.5. The molecule has 2 N–H and O–H groups in total. The van der Waals surface area contributed by atoms with E-state index in [0.29, 0.717) is 6.10 Å². The van der Waals surface area contributed by atoms with Crippen LogP contribution in [-0.2, 0) is 4.74 Å². The number of nitrogens with zero attached hydrogens (tertiary/aromatic N) is 1. The molecule has 0 amide bonds. The summed E-state index contributed by atoms with van der Waals surface area (Å²) in [5.74, 6) is 0.941. The molecule has 2 atom stereocenters. The molecule has 2 unspecified atom stereocenters. The average molecular weight is 226 g/mol. The lowest BCUT2D eigenvalue weighted by Crippen LogP contribution is -2.57. The maximum atomic E-state index is 6.05. The Kier molecular flexibility index (Phi) is 3.88. The van der Waals surface area contributed by atoms with Gasteiger partial charge in [0.1, 0.15) is 0 Å². The van der Waals surface area contributed by atoms with Crippen molar-refractivity contribution in [2.45, 2.75) is 50.7 Å². The minimum Gasteiger partial charge on any atom is -0.378 e. The standard InChI is InChI=1S/C13H26N2O/c1-3-12-8-13(10-14,6-7-16-12)15(2)9-11-4-5-11/h11-12H,3-10,14H2,1-2H3. The lowest BCUT2D eigenvalue weighted by molar-refractivity contribution is -0.0658. The van der Waals surface area contributed by atoms with Crippen LogP contribution in [0.5, 0.6) is 0 Å². The van der Waals surface area contributed by atoms with Crippen LogP contribution in [0.3, 0.4) is 0 Å². The molecule has 2 rings (SSSR count). The second-order valence-corrected chi connectivity index (χ2v) is 5.61. The molecule has 1 saturated heterocycles. The Hall–Kier alpha value is -0.120. The zero-order chi connectivity index (χ0) is 11.6. The van der Waals surface area contributed by atoms with Crippen LogP contribution in [0.2, 0.25) is 0 Å². The molecule has 3 nitrogen and oxygen atoms in total. The Morgan fingerprint density at radius 3 is 2.75 bits per heavy atom. The first-order chi connectivity index (χ1) is 7.70. The highest BCUT2D eigenvalue weighted by molar-refractivity contribution is 4.96. The van der Waals surface area contributed by atoms with Crippen LogP contribution in [0.25, 0.3) is 0 Å². The second kappa shape index (κ2) is 5.03. The minimum atomic E-state index is 0.210. The first-order valence-corrected chi connectivity index (χ1v) is 6.73. The fourth-order valence-electron chi connectivity index (χ4n) is 2.83. The summed E-state index contributed by atoms with van der Waals surface area (Å²) in [6.45, 7) is 5.09. The van der Waals surface area contributed by atoms with Gasteiger partial charge in [0.15, 0.2) is 0 Å². The van der Waals surface area contributed by atoms with E-state index in [9.17, 15) is 0 Å². The van der Waals surface area contributed by atoms with Gasteiger partial charge in [-0.3, -0.25) is 4.90 Å². The highest BCUT2D eigenvalue weighted by Gasteiger charge is 2.40. The summed E-state index contributed by atoms with van der Waals surface area (Å²) in [4.78, 5) is 2.52. The van der Waals surface area contributed by atoms with Gasteiger partial charge in [0.2, 0.25) is 0 Å². The van der Waals surface area contributed by atoms with E-state index in [2.05, 4.69) is 18.9 Å². The predicted molar refractivity (Wildman–Crippen MR) is 66.4 cm³/mol. The monoisotopic (exact) mass is 226 g/mol. The summed E-state index contributed by atoms with van der Waals surface area (Å²) in [5.41, 5.74) is 6.26. The van der Waals surface area contributed by atoms with E-state index in [4.69, 9.17) is 10.5 Å². The van der Waals surface area contributed by atoms with Crippen LogP contribution in [0.1, 0.15) is 39.0 Å². The molecule has 16 heavy (non-hydrogen) atoms.